The van der Waals surface area contributed by atoms with Crippen LogP contribution in [0.4, 0.5) is 0 Å². The zero-order valence-corrected chi connectivity index (χ0v) is 10.5. The monoisotopic (exact) mass is 210 g/mol. The van der Waals surface area contributed by atoms with E-state index in [4.69, 9.17) is 4.42 Å². The first-order valence-electron chi connectivity index (χ1n) is 5.91. The number of rotatable bonds is 6. The second-order valence-corrected chi connectivity index (χ2v) is 4.99. The van der Waals surface area contributed by atoms with Gasteiger partial charge in [0.05, 0.1) is 33.4 Å². The van der Waals surface area contributed by atoms with E-state index < -0.39 is 0 Å². The summed E-state index contributed by atoms with van der Waals surface area (Å²) >= 11 is 0. The van der Waals surface area contributed by atoms with Crippen molar-refractivity contribution in [3.8, 4) is 0 Å². The fourth-order valence-electron chi connectivity index (χ4n) is 1.88. The van der Waals surface area contributed by atoms with Gasteiger partial charge in [0, 0.05) is 12.3 Å². The average Bonchev–Trinajstić information content (AvgIpc) is 2.69. The standard InChI is InChI=1S/C13H24NO/c1-5-12(11-14(3,4)6-2)10-13-8-7-9-15-13/h7-9,12H,5-6,10-11H2,1-4H3/q+1. The normalized spacial score (nSPS) is 14.1. The molecule has 1 unspecified atom stereocenters. The maximum atomic E-state index is 5.41. The quantitative estimate of drug-likeness (QED) is 0.658. The van der Waals surface area contributed by atoms with Crippen LogP contribution in [0.15, 0.2) is 22.8 Å². The molecule has 15 heavy (non-hydrogen) atoms. The number of hydrogen-bond donors (Lipinski definition) is 0. The zero-order valence-electron chi connectivity index (χ0n) is 10.5. The van der Waals surface area contributed by atoms with Crippen LogP contribution >= 0.6 is 0 Å². The molecule has 0 spiro atoms. The van der Waals surface area contributed by atoms with Gasteiger partial charge in [-0.1, -0.05) is 6.92 Å². The minimum Gasteiger partial charge on any atom is -0.469 e. The summed E-state index contributed by atoms with van der Waals surface area (Å²) in [5.74, 6) is 1.85. The zero-order chi connectivity index (χ0) is 11.3. The molecular formula is C13H24NO+. The van der Waals surface area contributed by atoms with Crippen LogP contribution in [0.2, 0.25) is 0 Å². The SMILES string of the molecule is CCC(Cc1ccco1)C[N+](C)(C)CC. The van der Waals surface area contributed by atoms with Crippen LogP contribution in [0.5, 0.6) is 0 Å². The fourth-order valence-corrected chi connectivity index (χ4v) is 1.88. The summed E-state index contributed by atoms with van der Waals surface area (Å²) in [6, 6.07) is 4.05. The second-order valence-electron chi connectivity index (χ2n) is 4.99. The number of nitrogens with zero attached hydrogens (tertiary/aromatic N) is 1. The minimum atomic E-state index is 0.728. The summed E-state index contributed by atoms with van der Waals surface area (Å²) < 4.78 is 6.50. The predicted molar refractivity (Wildman–Crippen MR) is 63.7 cm³/mol. The first kappa shape index (κ1) is 12.3. The molecule has 1 heterocycles. The van der Waals surface area contributed by atoms with Gasteiger partial charge in [-0.25, -0.2) is 0 Å². The molecule has 1 aromatic rings. The van der Waals surface area contributed by atoms with Crippen LogP contribution in [0.1, 0.15) is 26.0 Å². The van der Waals surface area contributed by atoms with Gasteiger partial charge in [0.1, 0.15) is 5.76 Å². The van der Waals surface area contributed by atoms with E-state index in [-0.39, 0.29) is 0 Å². The summed E-state index contributed by atoms with van der Waals surface area (Å²) in [5, 5.41) is 0. The Hall–Kier alpha value is -0.760. The summed E-state index contributed by atoms with van der Waals surface area (Å²) in [6.07, 6.45) is 4.06. The summed E-state index contributed by atoms with van der Waals surface area (Å²) in [5.41, 5.74) is 0. The van der Waals surface area contributed by atoms with Gasteiger partial charge < -0.3 is 8.90 Å². The van der Waals surface area contributed by atoms with Gasteiger partial charge in [-0.05, 0) is 25.5 Å². The maximum Gasteiger partial charge on any atom is 0.104 e. The van der Waals surface area contributed by atoms with Crippen LogP contribution in [-0.4, -0.2) is 31.7 Å². The van der Waals surface area contributed by atoms with E-state index >= 15 is 0 Å². The molecule has 86 valence electrons. The van der Waals surface area contributed by atoms with Crippen molar-refractivity contribution >= 4 is 0 Å². The molecular weight excluding hydrogens is 186 g/mol. The van der Waals surface area contributed by atoms with E-state index in [9.17, 15) is 0 Å². The lowest BCUT2D eigenvalue weighted by atomic mass is 9.99. The fraction of sp³-hybridized carbons (Fsp3) is 0.692. The first-order valence-corrected chi connectivity index (χ1v) is 5.91. The lowest BCUT2D eigenvalue weighted by Crippen LogP contribution is -2.43. The Morgan fingerprint density at radius 2 is 2.07 bits per heavy atom. The first-order chi connectivity index (χ1) is 7.07. The highest BCUT2D eigenvalue weighted by Crippen LogP contribution is 2.16. The number of quaternary nitrogens is 1. The summed E-state index contributed by atoms with van der Waals surface area (Å²) in [7, 11) is 4.59. The van der Waals surface area contributed by atoms with Crippen molar-refractivity contribution in [3.63, 3.8) is 0 Å². The van der Waals surface area contributed by atoms with Gasteiger partial charge >= 0.3 is 0 Å². The van der Waals surface area contributed by atoms with Crippen molar-refractivity contribution in [2.24, 2.45) is 5.92 Å². The smallest absolute Gasteiger partial charge is 0.104 e. The molecule has 0 fully saturated rings. The minimum absolute atomic E-state index is 0.728. The number of hydrogen-bond acceptors (Lipinski definition) is 1. The molecule has 0 saturated carbocycles. The van der Waals surface area contributed by atoms with Gasteiger partial charge in [0.25, 0.3) is 0 Å². The van der Waals surface area contributed by atoms with Crippen LogP contribution in [0, 0.1) is 5.92 Å². The maximum absolute atomic E-state index is 5.41. The topological polar surface area (TPSA) is 13.1 Å². The lowest BCUT2D eigenvalue weighted by molar-refractivity contribution is -0.891. The third-order valence-corrected chi connectivity index (χ3v) is 3.26. The highest BCUT2D eigenvalue weighted by Gasteiger charge is 2.20. The van der Waals surface area contributed by atoms with Crippen molar-refractivity contribution in [3.05, 3.63) is 24.2 Å². The molecule has 0 aliphatic heterocycles. The highest BCUT2D eigenvalue weighted by molar-refractivity contribution is 4.99. The predicted octanol–water partition coefficient (Wildman–Crippen LogP) is 2.94. The van der Waals surface area contributed by atoms with Crippen molar-refractivity contribution in [2.75, 3.05) is 27.2 Å². The van der Waals surface area contributed by atoms with E-state index in [0.29, 0.717) is 0 Å². The van der Waals surface area contributed by atoms with Crippen molar-refractivity contribution in [1.82, 2.24) is 0 Å². The molecule has 0 aliphatic rings. The summed E-state index contributed by atoms with van der Waals surface area (Å²) in [6.45, 7) is 6.94. The highest BCUT2D eigenvalue weighted by atomic mass is 16.3. The molecule has 1 atom stereocenters. The van der Waals surface area contributed by atoms with Crippen molar-refractivity contribution in [2.45, 2.75) is 26.7 Å². The molecule has 0 amide bonds. The van der Waals surface area contributed by atoms with Crippen LogP contribution in [0.25, 0.3) is 0 Å². The van der Waals surface area contributed by atoms with E-state index in [1.807, 2.05) is 6.07 Å². The van der Waals surface area contributed by atoms with Crippen molar-refractivity contribution < 1.29 is 8.90 Å². The van der Waals surface area contributed by atoms with E-state index in [0.717, 1.165) is 22.6 Å². The van der Waals surface area contributed by atoms with Gasteiger partial charge in [0.2, 0.25) is 0 Å². The summed E-state index contributed by atoms with van der Waals surface area (Å²) in [4.78, 5) is 0. The second kappa shape index (κ2) is 5.36. The molecule has 0 aliphatic carbocycles. The Labute approximate surface area is 93.5 Å². The van der Waals surface area contributed by atoms with E-state index in [2.05, 4.69) is 34.0 Å². The number of furan rings is 1. The largest absolute Gasteiger partial charge is 0.469 e. The molecule has 0 N–H and O–H groups in total. The average molecular weight is 210 g/mol. The van der Waals surface area contributed by atoms with Gasteiger partial charge in [0.15, 0.2) is 0 Å². The molecule has 0 saturated heterocycles. The molecule has 0 radical (unpaired) electrons. The Morgan fingerprint density at radius 1 is 1.33 bits per heavy atom. The van der Waals surface area contributed by atoms with E-state index in [1.165, 1.54) is 19.5 Å². The lowest BCUT2D eigenvalue weighted by Gasteiger charge is -2.31. The molecule has 2 heteroatoms. The van der Waals surface area contributed by atoms with Gasteiger partial charge in [-0.3, -0.25) is 0 Å². The van der Waals surface area contributed by atoms with Gasteiger partial charge in [-0.2, -0.15) is 0 Å². The third-order valence-electron chi connectivity index (χ3n) is 3.26. The van der Waals surface area contributed by atoms with Gasteiger partial charge in [-0.15, -0.1) is 0 Å². The molecule has 1 aromatic heterocycles. The molecule has 0 aromatic carbocycles. The van der Waals surface area contributed by atoms with Crippen LogP contribution in [-0.2, 0) is 6.42 Å². The Kier molecular flexibility index (Phi) is 4.40. The molecule has 0 bridgehead atoms. The molecule has 2 nitrogen and oxygen atoms in total. The molecule has 1 rings (SSSR count). The Bertz CT molecular complexity index is 264. The Morgan fingerprint density at radius 3 is 2.53 bits per heavy atom. The Balaban J connectivity index is 2.50. The van der Waals surface area contributed by atoms with E-state index in [1.54, 1.807) is 6.26 Å². The van der Waals surface area contributed by atoms with Crippen molar-refractivity contribution in [1.29, 1.82) is 0 Å². The van der Waals surface area contributed by atoms with Crippen LogP contribution < -0.4 is 0 Å². The van der Waals surface area contributed by atoms with Crippen LogP contribution in [0.3, 0.4) is 0 Å². The third kappa shape index (κ3) is 4.08.